The molecule has 0 bridgehead atoms. The van der Waals surface area contributed by atoms with Crippen molar-refractivity contribution in [1.82, 2.24) is 14.9 Å². The van der Waals surface area contributed by atoms with Crippen LogP contribution in [0, 0.1) is 6.92 Å². The molecule has 0 saturated carbocycles. The summed E-state index contributed by atoms with van der Waals surface area (Å²) in [6.07, 6.45) is 0. The van der Waals surface area contributed by atoms with E-state index in [0.717, 1.165) is 36.8 Å². The second kappa shape index (κ2) is 5.33. The first-order valence-electron chi connectivity index (χ1n) is 6.99. The van der Waals surface area contributed by atoms with Crippen LogP contribution in [0.15, 0.2) is 0 Å². The Bertz CT molecular complexity index is 457. The molecular formula is C14H25N5. The molecule has 1 atom stereocenters. The summed E-state index contributed by atoms with van der Waals surface area (Å²) in [5, 5.41) is 0. The lowest BCUT2D eigenvalue weighted by atomic mass is 10.1. The molecule has 106 valence electrons. The van der Waals surface area contributed by atoms with Crippen LogP contribution in [0.2, 0.25) is 0 Å². The first-order chi connectivity index (χ1) is 8.90. The highest BCUT2D eigenvalue weighted by Gasteiger charge is 2.24. The zero-order valence-corrected chi connectivity index (χ0v) is 12.6. The number of anilines is 2. The second-order valence-corrected chi connectivity index (χ2v) is 5.85. The lowest BCUT2D eigenvalue weighted by Gasteiger charge is -2.39. The van der Waals surface area contributed by atoms with Gasteiger partial charge in [0.2, 0.25) is 0 Å². The van der Waals surface area contributed by atoms with E-state index in [1.54, 1.807) is 0 Å². The number of nitrogens with zero attached hydrogens (tertiary/aromatic N) is 4. The van der Waals surface area contributed by atoms with E-state index in [-0.39, 0.29) is 0 Å². The van der Waals surface area contributed by atoms with Gasteiger partial charge in [-0.25, -0.2) is 9.97 Å². The Morgan fingerprint density at radius 2 is 1.95 bits per heavy atom. The monoisotopic (exact) mass is 263 g/mol. The van der Waals surface area contributed by atoms with E-state index < -0.39 is 0 Å². The maximum absolute atomic E-state index is 6.04. The van der Waals surface area contributed by atoms with Crippen molar-refractivity contribution in [2.45, 2.75) is 39.7 Å². The van der Waals surface area contributed by atoms with Crippen molar-refractivity contribution in [2.75, 3.05) is 37.3 Å². The summed E-state index contributed by atoms with van der Waals surface area (Å²) in [4.78, 5) is 13.8. The summed E-state index contributed by atoms with van der Waals surface area (Å²) in [5.41, 5.74) is 7.04. The summed E-state index contributed by atoms with van der Waals surface area (Å²) in [5.74, 6) is 2.76. The molecule has 1 fully saturated rings. The van der Waals surface area contributed by atoms with Crippen molar-refractivity contribution in [1.29, 1.82) is 0 Å². The van der Waals surface area contributed by atoms with Crippen molar-refractivity contribution in [3.63, 3.8) is 0 Å². The Kier molecular flexibility index (Phi) is 3.94. The first kappa shape index (κ1) is 14.1. The second-order valence-electron chi connectivity index (χ2n) is 5.85. The fourth-order valence-electron chi connectivity index (χ4n) is 2.35. The lowest BCUT2D eigenvalue weighted by Crippen LogP contribution is -2.50. The number of hydrogen-bond acceptors (Lipinski definition) is 5. The van der Waals surface area contributed by atoms with Crippen LogP contribution in [0.25, 0.3) is 0 Å². The van der Waals surface area contributed by atoms with Crippen molar-refractivity contribution < 1.29 is 0 Å². The van der Waals surface area contributed by atoms with Gasteiger partial charge in [-0.3, -0.25) is 0 Å². The Morgan fingerprint density at radius 1 is 1.26 bits per heavy atom. The minimum absolute atomic E-state index is 0.298. The molecule has 0 amide bonds. The molecule has 0 spiro atoms. The number of likely N-dealkylation sites (N-methyl/N-ethyl adjacent to an activating group) is 1. The molecule has 0 aromatic carbocycles. The van der Waals surface area contributed by atoms with E-state index in [9.17, 15) is 0 Å². The SMILES string of the molecule is Cc1c(N)nc(C(C)C)nc1N1CCN(C)C(C)C1. The van der Waals surface area contributed by atoms with Crippen LogP contribution < -0.4 is 10.6 Å². The maximum Gasteiger partial charge on any atom is 0.137 e. The molecule has 2 rings (SSSR count). The third-order valence-corrected chi connectivity index (χ3v) is 3.95. The average Bonchev–Trinajstić information content (AvgIpc) is 2.35. The highest BCUT2D eigenvalue weighted by Crippen LogP contribution is 2.25. The molecule has 1 aliphatic heterocycles. The van der Waals surface area contributed by atoms with Gasteiger partial charge in [0, 0.05) is 37.2 Å². The van der Waals surface area contributed by atoms with Crippen LogP contribution in [0.1, 0.15) is 38.1 Å². The Morgan fingerprint density at radius 3 is 2.53 bits per heavy atom. The van der Waals surface area contributed by atoms with Crippen molar-refractivity contribution >= 4 is 11.6 Å². The predicted molar refractivity (Wildman–Crippen MR) is 79.6 cm³/mol. The number of aromatic nitrogens is 2. The Labute approximate surface area is 115 Å². The Hall–Kier alpha value is -1.36. The summed E-state index contributed by atoms with van der Waals surface area (Å²) >= 11 is 0. The molecule has 0 aliphatic carbocycles. The molecule has 1 unspecified atom stereocenters. The molecule has 2 N–H and O–H groups in total. The number of nitrogens with two attached hydrogens (primary N) is 1. The number of nitrogen functional groups attached to an aromatic ring is 1. The molecule has 1 aliphatic rings. The highest BCUT2D eigenvalue weighted by atomic mass is 15.3. The third kappa shape index (κ3) is 2.81. The standard InChI is InChI=1S/C14H25N5/c1-9(2)13-16-12(15)11(4)14(17-13)19-7-6-18(5)10(3)8-19/h9-10H,6-8H2,1-5H3,(H2,15,16,17). The summed E-state index contributed by atoms with van der Waals surface area (Å²) < 4.78 is 0. The maximum atomic E-state index is 6.04. The minimum Gasteiger partial charge on any atom is -0.383 e. The van der Waals surface area contributed by atoms with E-state index in [2.05, 4.69) is 42.6 Å². The van der Waals surface area contributed by atoms with Crippen LogP contribution in [0.5, 0.6) is 0 Å². The highest BCUT2D eigenvalue weighted by molar-refractivity contribution is 5.57. The van der Waals surface area contributed by atoms with E-state index >= 15 is 0 Å². The van der Waals surface area contributed by atoms with E-state index in [0.29, 0.717) is 17.8 Å². The van der Waals surface area contributed by atoms with Gasteiger partial charge in [-0.1, -0.05) is 13.8 Å². The average molecular weight is 263 g/mol. The molecule has 5 nitrogen and oxygen atoms in total. The molecule has 1 aromatic heterocycles. The van der Waals surface area contributed by atoms with E-state index in [4.69, 9.17) is 10.7 Å². The topological polar surface area (TPSA) is 58.3 Å². The molecule has 5 heteroatoms. The van der Waals surface area contributed by atoms with Crippen molar-refractivity contribution in [2.24, 2.45) is 0 Å². The fraction of sp³-hybridized carbons (Fsp3) is 0.714. The van der Waals surface area contributed by atoms with Gasteiger partial charge in [-0.05, 0) is 20.9 Å². The van der Waals surface area contributed by atoms with Gasteiger partial charge < -0.3 is 15.5 Å². The van der Waals surface area contributed by atoms with Crippen LogP contribution in [-0.2, 0) is 0 Å². The van der Waals surface area contributed by atoms with E-state index in [1.165, 1.54) is 0 Å². The zero-order valence-electron chi connectivity index (χ0n) is 12.6. The molecule has 0 radical (unpaired) electrons. The van der Waals surface area contributed by atoms with Gasteiger partial charge in [-0.15, -0.1) is 0 Å². The van der Waals surface area contributed by atoms with Crippen LogP contribution in [0.4, 0.5) is 11.6 Å². The normalized spacial score (nSPS) is 21.2. The van der Waals surface area contributed by atoms with Crippen molar-refractivity contribution in [3.05, 3.63) is 11.4 Å². The molecule has 1 aromatic rings. The first-order valence-corrected chi connectivity index (χ1v) is 6.99. The summed E-state index contributed by atoms with van der Waals surface area (Å²) in [7, 11) is 2.17. The van der Waals surface area contributed by atoms with Gasteiger partial charge in [0.25, 0.3) is 0 Å². The van der Waals surface area contributed by atoms with Gasteiger partial charge in [-0.2, -0.15) is 0 Å². The third-order valence-electron chi connectivity index (χ3n) is 3.95. The number of hydrogen-bond donors (Lipinski definition) is 1. The molecular weight excluding hydrogens is 238 g/mol. The zero-order chi connectivity index (χ0) is 14.2. The molecule has 19 heavy (non-hydrogen) atoms. The Balaban J connectivity index is 2.33. The van der Waals surface area contributed by atoms with Crippen molar-refractivity contribution in [3.8, 4) is 0 Å². The van der Waals surface area contributed by atoms with E-state index in [1.807, 2.05) is 6.92 Å². The summed E-state index contributed by atoms with van der Waals surface area (Å²) in [6.45, 7) is 11.5. The largest absolute Gasteiger partial charge is 0.383 e. The van der Waals surface area contributed by atoms with Crippen LogP contribution in [0.3, 0.4) is 0 Å². The van der Waals surface area contributed by atoms with Gasteiger partial charge >= 0.3 is 0 Å². The minimum atomic E-state index is 0.298. The van der Waals surface area contributed by atoms with Crippen LogP contribution in [-0.4, -0.2) is 47.6 Å². The summed E-state index contributed by atoms with van der Waals surface area (Å²) in [6, 6.07) is 0.534. The fourth-order valence-corrected chi connectivity index (χ4v) is 2.35. The smallest absolute Gasteiger partial charge is 0.137 e. The molecule has 1 saturated heterocycles. The number of piperazine rings is 1. The lowest BCUT2D eigenvalue weighted by molar-refractivity contribution is 0.233. The predicted octanol–water partition coefficient (Wildman–Crippen LogP) is 1.63. The van der Waals surface area contributed by atoms with Gasteiger partial charge in [0.1, 0.15) is 17.5 Å². The quantitative estimate of drug-likeness (QED) is 0.879. The molecule has 2 heterocycles. The van der Waals surface area contributed by atoms with Gasteiger partial charge in [0.05, 0.1) is 0 Å². The number of rotatable bonds is 2. The van der Waals surface area contributed by atoms with Crippen LogP contribution >= 0.6 is 0 Å². The van der Waals surface area contributed by atoms with Gasteiger partial charge in [0.15, 0.2) is 0 Å².